The Labute approximate surface area is 128 Å². The topological polar surface area (TPSA) is 41.1 Å². The van der Waals surface area contributed by atoms with E-state index in [2.05, 4.69) is 17.6 Å². The van der Waals surface area contributed by atoms with Crippen molar-refractivity contribution in [3.8, 4) is 0 Å². The van der Waals surface area contributed by atoms with E-state index in [4.69, 9.17) is 0 Å². The van der Waals surface area contributed by atoms with Crippen molar-refractivity contribution in [2.24, 2.45) is 0 Å². The molecule has 0 unspecified atom stereocenters. The van der Waals surface area contributed by atoms with Gasteiger partial charge in [0.2, 0.25) is 5.91 Å². The van der Waals surface area contributed by atoms with Gasteiger partial charge in [-0.3, -0.25) is 4.79 Å². The molecule has 2 rings (SSSR count). The smallest absolute Gasteiger partial charge is 0.226 e. The number of hydrogen-bond donors (Lipinski definition) is 2. The molecule has 0 aliphatic carbocycles. The zero-order valence-corrected chi connectivity index (χ0v) is 12.3. The fourth-order valence-electron chi connectivity index (χ4n) is 2.01. The fraction of sp³-hybridized carbons (Fsp3) is 0.235. The first kappa shape index (κ1) is 15.9. The van der Waals surface area contributed by atoms with Gasteiger partial charge in [0.15, 0.2) is 0 Å². The van der Waals surface area contributed by atoms with E-state index in [1.165, 1.54) is 23.8 Å². The molecule has 2 N–H and O–H groups in total. The zero-order chi connectivity index (χ0) is 15.9. The molecule has 5 heteroatoms. The predicted octanol–water partition coefficient (Wildman–Crippen LogP) is 3.97. The Balaban J connectivity index is 1.82. The Kier molecular flexibility index (Phi) is 5.47. The average molecular weight is 304 g/mol. The van der Waals surface area contributed by atoms with E-state index >= 15 is 0 Å². The van der Waals surface area contributed by atoms with Crippen molar-refractivity contribution >= 4 is 17.3 Å². The van der Waals surface area contributed by atoms with Crippen LogP contribution in [-0.2, 0) is 11.2 Å². The van der Waals surface area contributed by atoms with E-state index in [-0.39, 0.29) is 24.6 Å². The summed E-state index contributed by atoms with van der Waals surface area (Å²) in [6.07, 6.45) is 1.05. The summed E-state index contributed by atoms with van der Waals surface area (Å²) in [5.74, 6) is -1.56. The summed E-state index contributed by atoms with van der Waals surface area (Å²) in [5.41, 5.74) is 1.69. The molecule has 0 bridgehead atoms. The van der Waals surface area contributed by atoms with E-state index < -0.39 is 11.6 Å². The van der Waals surface area contributed by atoms with Crippen LogP contribution in [0.3, 0.4) is 0 Å². The highest BCUT2D eigenvalue weighted by molar-refractivity contribution is 5.91. The summed E-state index contributed by atoms with van der Waals surface area (Å²) >= 11 is 0. The lowest BCUT2D eigenvalue weighted by atomic mass is 10.1. The summed E-state index contributed by atoms with van der Waals surface area (Å²) in [6, 6.07) is 11.2. The molecule has 0 aliphatic heterocycles. The van der Waals surface area contributed by atoms with Crippen molar-refractivity contribution < 1.29 is 13.6 Å². The first-order valence-electron chi connectivity index (χ1n) is 7.17. The predicted molar refractivity (Wildman–Crippen MR) is 83.9 cm³/mol. The second-order valence-corrected chi connectivity index (χ2v) is 4.87. The van der Waals surface area contributed by atoms with Gasteiger partial charge in [0.05, 0.1) is 0 Å². The number of rotatable bonds is 6. The number of para-hydroxylation sites is 1. The number of benzene rings is 2. The molecule has 0 aromatic heterocycles. The van der Waals surface area contributed by atoms with E-state index in [0.717, 1.165) is 6.42 Å². The minimum Gasteiger partial charge on any atom is -0.380 e. The summed E-state index contributed by atoms with van der Waals surface area (Å²) in [6.45, 7) is 2.21. The Morgan fingerprint density at radius 2 is 1.68 bits per heavy atom. The molecule has 22 heavy (non-hydrogen) atoms. The van der Waals surface area contributed by atoms with Gasteiger partial charge in [0.1, 0.15) is 17.3 Å². The van der Waals surface area contributed by atoms with Crippen LogP contribution in [0.1, 0.15) is 18.9 Å². The maximum absolute atomic E-state index is 13.4. The van der Waals surface area contributed by atoms with E-state index in [0.29, 0.717) is 5.69 Å². The van der Waals surface area contributed by atoms with Gasteiger partial charge in [-0.15, -0.1) is 0 Å². The van der Waals surface area contributed by atoms with Gasteiger partial charge < -0.3 is 10.6 Å². The van der Waals surface area contributed by atoms with Gasteiger partial charge in [-0.25, -0.2) is 8.78 Å². The van der Waals surface area contributed by atoms with E-state index in [1.54, 1.807) is 0 Å². The Morgan fingerprint density at radius 3 is 2.27 bits per heavy atom. The number of aryl methyl sites for hydroxylation is 1. The van der Waals surface area contributed by atoms with Crippen molar-refractivity contribution in [2.75, 3.05) is 17.2 Å². The van der Waals surface area contributed by atoms with Crippen LogP contribution in [0.5, 0.6) is 0 Å². The van der Waals surface area contributed by atoms with Crippen molar-refractivity contribution in [1.82, 2.24) is 0 Å². The van der Waals surface area contributed by atoms with Crippen LogP contribution in [0.4, 0.5) is 20.2 Å². The summed E-state index contributed by atoms with van der Waals surface area (Å²) in [4.78, 5) is 11.8. The van der Waals surface area contributed by atoms with E-state index in [9.17, 15) is 13.6 Å². The molecule has 0 saturated carbocycles. The van der Waals surface area contributed by atoms with Gasteiger partial charge in [-0.2, -0.15) is 0 Å². The van der Waals surface area contributed by atoms with Crippen LogP contribution in [0, 0.1) is 11.6 Å². The number of nitrogens with one attached hydrogen (secondary N) is 2. The normalized spacial score (nSPS) is 10.3. The monoisotopic (exact) mass is 304 g/mol. The fourth-order valence-corrected chi connectivity index (χ4v) is 2.01. The number of amides is 1. The third kappa shape index (κ3) is 4.28. The first-order chi connectivity index (χ1) is 10.6. The van der Waals surface area contributed by atoms with E-state index in [1.807, 2.05) is 24.3 Å². The highest BCUT2D eigenvalue weighted by Gasteiger charge is 2.08. The number of carbonyl (C=O) groups excluding carboxylic acids is 1. The maximum Gasteiger partial charge on any atom is 0.226 e. The SMILES string of the molecule is CCc1ccc(NC(=O)CCNc2c(F)cccc2F)cc1. The highest BCUT2D eigenvalue weighted by atomic mass is 19.1. The van der Waals surface area contributed by atoms with Gasteiger partial charge in [-0.05, 0) is 36.2 Å². The molecule has 0 fully saturated rings. The molecule has 0 heterocycles. The first-order valence-corrected chi connectivity index (χ1v) is 7.17. The molecule has 0 spiro atoms. The number of carbonyl (C=O) groups is 1. The third-order valence-electron chi connectivity index (χ3n) is 3.26. The molecule has 116 valence electrons. The molecule has 0 radical (unpaired) electrons. The molecule has 0 aliphatic rings. The third-order valence-corrected chi connectivity index (χ3v) is 3.26. The van der Waals surface area contributed by atoms with Crippen molar-refractivity contribution in [1.29, 1.82) is 0 Å². The molecule has 0 saturated heterocycles. The minimum atomic E-state index is -0.671. The van der Waals surface area contributed by atoms with Crippen LogP contribution >= 0.6 is 0 Å². The van der Waals surface area contributed by atoms with Crippen LogP contribution < -0.4 is 10.6 Å². The molecule has 3 nitrogen and oxygen atoms in total. The van der Waals surface area contributed by atoms with Gasteiger partial charge in [0.25, 0.3) is 0 Å². The highest BCUT2D eigenvalue weighted by Crippen LogP contribution is 2.17. The molecular weight excluding hydrogens is 286 g/mol. The van der Waals surface area contributed by atoms with Gasteiger partial charge in [-0.1, -0.05) is 25.1 Å². The van der Waals surface area contributed by atoms with Gasteiger partial charge in [0, 0.05) is 18.7 Å². The van der Waals surface area contributed by atoms with Crippen molar-refractivity contribution in [3.05, 3.63) is 59.7 Å². The lowest BCUT2D eigenvalue weighted by Gasteiger charge is -2.09. The second-order valence-electron chi connectivity index (χ2n) is 4.87. The standard InChI is InChI=1S/C17H18F2N2O/c1-2-12-6-8-13(9-7-12)21-16(22)10-11-20-17-14(18)4-3-5-15(17)19/h3-9,20H,2,10-11H2,1H3,(H,21,22). The van der Waals surface area contributed by atoms with Crippen molar-refractivity contribution in [2.45, 2.75) is 19.8 Å². The summed E-state index contributed by atoms with van der Waals surface area (Å²) < 4.78 is 26.8. The van der Waals surface area contributed by atoms with Crippen molar-refractivity contribution in [3.63, 3.8) is 0 Å². The second kappa shape index (κ2) is 7.54. The molecule has 1 amide bonds. The summed E-state index contributed by atoms with van der Waals surface area (Å²) in [7, 11) is 0. The molecular formula is C17H18F2N2O. The Bertz CT molecular complexity index is 621. The Hall–Kier alpha value is -2.43. The number of anilines is 2. The van der Waals surface area contributed by atoms with Crippen LogP contribution in [-0.4, -0.2) is 12.5 Å². The molecule has 2 aromatic rings. The quantitative estimate of drug-likeness (QED) is 0.848. The zero-order valence-electron chi connectivity index (χ0n) is 12.3. The van der Waals surface area contributed by atoms with Crippen LogP contribution in [0.25, 0.3) is 0 Å². The molecule has 2 aromatic carbocycles. The Morgan fingerprint density at radius 1 is 1.05 bits per heavy atom. The molecule has 0 atom stereocenters. The van der Waals surface area contributed by atoms with Crippen LogP contribution in [0.15, 0.2) is 42.5 Å². The number of hydrogen-bond acceptors (Lipinski definition) is 2. The average Bonchev–Trinajstić information content (AvgIpc) is 2.51. The summed E-state index contributed by atoms with van der Waals surface area (Å²) in [5, 5.41) is 5.35. The maximum atomic E-state index is 13.4. The van der Waals surface area contributed by atoms with Gasteiger partial charge >= 0.3 is 0 Å². The lowest BCUT2D eigenvalue weighted by Crippen LogP contribution is -2.17. The number of halogens is 2. The minimum absolute atomic E-state index is 0.114. The lowest BCUT2D eigenvalue weighted by molar-refractivity contribution is -0.115. The van der Waals surface area contributed by atoms with Crippen LogP contribution in [0.2, 0.25) is 0 Å². The largest absolute Gasteiger partial charge is 0.380 e.